The molecule has 0 bridgehead atoms. The molecule has 6 nitrogen and oxygen atoms in total. The molecule has 3 aromatic heterocycles. The maximum absolute atomic E-state index is 7.19. The minimum atomic E-state index is -0.0979. The van der Waals surface area contributed by atoms with Gasteiger partial charge in [-0.1, -0.05) is 237 Å². The Hall–Kier alpha value is -9.65. The molecule has 0 saturated heterocycles. The van der Waals surface area contributed by atoms with E-state index in [9.17, 15) is 0 Å². The molecule has 0 amide bonds. The van der Waals surface area contributed by atoms with Gasteiger partial charge in [-0.15, -0.1) is 0 Å². The largest absolute Gasteiger partial charge is 0.457 e. The van der Waals surface area contributed by atoms with Crippen LogP contribution in [0.25, 0.3) is 99.6 Å². The number of rotatable bonds is 7. The number of pyridine rings is 1. The maximum atomic E-state index is 7.19. The molecule has 2 aliphatic rings. The number of fused-ring (bicyclic) bond motifs is 13. The van der Waals surface area contributed by atoms with Crippen LogP contribution in [-0.4, -0.2) is 20.8 Å². The zero-order chi connectivity index (χ0) is 64.1. The molecule has 15 rings (SSSR count). The van der Waals surface area contributed by atoms with E-state index in [1.165, 1.54) is 105 Å². The maximum Gasteiger partial charge on any atom is 0.137 e. The summed E-state index contributed by atoms with van der Waals surface area (Å²) in [6.07, 6.45) is 1.97. The smallest absolute Gasteiger partial charge is 0.137 e. The van der Waals surface area contributed by atoms with E-state index in [1.807, 2.05) is 6.20 Å². The van der Waals surface area contributed by atoms with Crippen molar-refractivity contribution in [3.8, 4) is 67.5 Å². The van der Waals surface area contributed by atoms with Gasteiger partial charge in [-0.05, 0) is 144 Å². The highest BCUT2D eigenvalue weighted by atomic mass is 16.5. The Kier molecular flexibility index (Phi) is 13.4. The molecule has 6 heteroatoms. The molecule has 0 fully saturated rings. The molecule has 0 spiro atoms. The lowest BCUT2D eigenvalue weighted by Gasteiger charge is -2.31. The van der Waals surface area contributed by atoms with Crippen LogP contribution < -0.4 is 14.5 Å². The Morgan fingerprint density at radius 3 is 1.52 bits per heavy atom. The van der Waals surface area contributed by atoms with Gasteiger partial charge < -0.3 is 19.1 Å². The Labute approximate surface area is 543 Å². The first kappa shape index (κ1) is 58.7. The fraction of sp³-hybridized carbons (Fsp3) is 0.244. The van der Waals surface area contributed by atoms with Crippen molar-refractivity contribution in [3.05, 3.63) is 246 Å². The molecule has 10 aromatic carbocycles. The fourth-order valence-electron chi connectivity index (χ4n) is 14.4. The van der Waals surface area contributed by atoms with Gasteiger partial charge in [0, 0.05) is 67.8 Å². The third-order valence-corrected chi connectivity index (χ3v) is 19.5. The molecule has 92 heavy (non-hydrogen) atoms. The van der Waals surface area contributed by atoms with Crippen LogP contribution in [0, 0.1) is 0 Å². The quantitative estimate of drug-likeness (QED) is 0.159. The monoisotopic (exact) mass is 1200 g/mol. The standard InChI is InChI=1S/C86H83N5O/c1-82(2,3)55-41-42-87-77(49-55)90-74-39-40-75-78(67-29-17-16-27-65(67)68-32-24-33-69-66-28-18-19-34-71(66)91(75)81(68)69)79(74)70-38-37-62(51-76(70)90)92-61-26-22-25-60(50-61)88-52-89(73-36-21-20-35-72(73)88)80-63(53-43-56(83(4,5)6)47-57(44-53)84(7,8)9)30-23-31-64(80)54-45-58(85(10,11)12)48-59(46-54)86(13,14)15/h16-51H,52H2,1-15H3. The summed E-state index contributed by atoms with van der Waals surface area (Å²) in [7, 11) is 0. The van der Waals surface area contributed by atoms with Gasteiger partial charge in [-0.3, -0.25) is 4.57 Å². The van der Waals surface area contributed by atoms with E-state index in [4.69, 9.17) is 9.72 Å². The number of anilines is 4. The number of para-hydroxylation sites is 5. The fourth-order valence-corrected chi connectivity index (χ4v) is 14.4. The number of benzene rings is 10. The van der Waals surface area contributed by atoms with Crippen LogP contribution in [0.3, 0.4) is 0 Å². The first-order valence-electron chi connectivity index (χ1n) is 32.9. The lowest BCUT2D eigenvalue weighted by Crippen LogP contribution is -2.25. The van der Waals surface area contributed by atoms with Gasteiger partial charge in [0.1, 0.15) is 24.0 Å². The highest BCUT2D eigenvalue weighted by Gasteiger charge is 2.35. The molecule has 13 aromatic rings. The third-order valence-electron chi connectivity index (χ3n) is 19.5. The van der Waals surface area contributed by atoms with Gasteiger partial charge in [0.25, 0.3) is 0 Å². The zero-order valence-electron chi connectivity index (χ0n) is 56.1. The summed E-state index contributed by atoms with van der Waals surface area (Å²) in [6.45, 7) is 35.4. The molecule has 0 aliphatic carbocycles. The number of nitrogens with zero attached hydrogens (tertiary/aromatic N) is 5. The molecule has 5 heterocycles. The van der Waals surface area contributed by atoms with E-state index in [0.717, 1.165) is 56.5 Å². The van der Waals surface area contributed by atoms with Crippen LogP contribution in [0.4, 0.5) is 22.7 Å². The van der Waals surface area contributed by atoms with E-state index < -0.39 is 0 Å². The summed E-state index contributed by atoms with van der Waals surface area (Å²) < 4.78 is 12.1. The van der Waals surface area contributed by atoms with Gasteiger partial charge in [0.15, 0.2) is 0 Å². The summed E-state index contributed by atoms with van der Waals surface area (Å²) in [6, 6.07) is 79.6. The summed E-state index contributed by atoms with van der Waals surface area (Å²) in [5.74, 6) is 2.36. The van der Waals surface area contributed by atoms with Gasteiger partial charge in [-0.25, -0.2) is 4.98 Å². The predicted molar refractivity (Wildman–Crippen MR) is 390 cm³/mol. The Morgan fingerprint density at radius 1 is 0.348 bits per heavy atom. The van der Waals surface area contributed by atoms with Gasteiger partial charge >= 0.3 is 0 Å². The summed E-state index contributed by atoms with van der Waals surface area (Å²) >= 11 is 0. The van der Waals surface area contributed by atoms with E-state index in [-0.39, 0.29) is 27.1 Å². The Morgan fingerprint density at radius 2 is 0.880 bits per heavy atom. The molecular weight excluding hydrogens is 1120 g/mol. The first-order chi connectivity index (χ1) is 43.8. The van der Waals surface area contributed by atoms with Crippen molar-refractivity contribution in [3.63, 3.8) is 0 Å². The van der Waals surface area contributed by atoms with Crippen molar-refractivity contribution >= 4 is 66.4 Å². The second-order valence-corrected chi connectivity index (χ2v) is 31.0. The average Bonchev–Trinajstić information content (AvgIpc) is 1.53. The molecule has 2 aliphatic heterocycles. The zero-order valence-corrected chi connectivity index (χ0v) is 56.1. The number of ether oxygens (including phenoxy) is 1. The van der Waals surface area contributed by atoms with Crippen LogP contribution >= 0.6 is 0 Å². The lowest BCUT2D eigenvalue weighted by atomic mass is 9.77. The van der Waals surface area contributed by atoms with E-state index in [2.05, 4.69) is 335 Å². The molecule has 0 N–H and O–H groups in total. The molecule has 0 radical (unpaired) electrons. The molecular formula is C86H83N5O. The highest BCUT2D eigenvalue weighted by molar-refractivity contribution is 6.23. The van der Waals surface area contributed by atoms with E-state index >= 15 is 0 Å². The highest BCUT2D eigenvalue weighted by Crippen LogP contribution is 2.54. The van der Waals surface area contributed by atoms with Crippen molar-refractivity contribution in [2.45, 2.75) is 131 Å². The van der Waals surface area contributed by atoms with Gasteiger partial charge in [0.05, 0.1) is 44.8 Å². The van der Waals surface area contributed by atoms with Crippen molar-refractivity contribution < 1.29 is 4.74 Å². The van der Waals surface area contributed by atoms with Gasteiger partial charge in [-0.2, -0.15) is 0 Å². The second kappa shape index (κ2) is 20.9. The van der Waals surface area contributed by atoms with Crippen molar-refractivity contribution in [2.75, 3.05) is 16.5 Å². The molecule has 0 unspecified atom stereocenters. The minimum absolute atomic E-state index is 0.0632. The average molecular weight is 1200 g/mol. The van der Waals surface area contributed by atoms with E-state index in [1.54, 1.807) is 0 Å². The Balaban J connectivity index is 0.881. The number of aromatic nitrogens is 3. The van der Waals surface area contributed by atoms with Crippen molar-refractivity contribution in [1.82, 2.24) is 14.1 Å². The predicted octanol–water partition coefficient (Wildman–Crippen LogP) is 23.8. The summed E-state index contributed by atoms with van der Waals surface area (Å²) in [4.78, 5) is 10.2. The van der Waals surface area contributed by atoms with Crippen LogP contribution in [0.1, 0.15) is 132 Å². The van der Waals surface area contributed by atoms with Crippen LogP contribution in [-0.2, 0) is 27.1 Å². The second-order valence-electron chi connectivity index (χ2n) is 31.0. The van der Waals surface area contributed by atoms with Crippen LogP contribution in [0.15, 0.2) is 219 Å². The third kappa shape index (κ3) is 9.79. The first-order valence-corrected chi connectivity index (χ1v) is 32.9. The minimum Gasteiger partial charge on any atom is -0.457 e. The SMILES string of the molecule is CC(C)(C)c1cc(-c2cccc(-c3cc(C(C)(C)C)cc(C(C)(C)C)c3)c2N2CN(c3cccc(Oc4ccc5c6c7c(ccc6n(-c6cc(C(C)(C)C)ccn6)c5c4)-n4c5ccccc5c5cccc(c54)-c4ccccc4-7)c3)c3ccccc32)cc(C(C)(C)C)c1. The number of hydrogen-bond donors (Lipinski definition) is 0. The molecule has 0 atom stereocenters. The van der Waals surface area contributed by atoms with Crippen LogP contribution in [0.2, 0.25) is 0 Å². The summed E-state index contributed by atoms with van der Waals surface area (Å²) in [5, 5.41) is 4.80. The number of hydrogen-bond acceptors (Lipinski definition) is 4. The lowest BCUT2D eigenvalue weighted by molar-refractivity contribution is 0.483. The summed E-state index contributed by atoms with van der Waals surface area (Å²) in [5.41, 5.74) is 26.1. The van der Waals surface area contributed by atoms with Crippen LogP contribution in [0.5, 0.6) is 11.5 Å². The molecule has 458 valence electrons. The van der Waals surface area contributed by atoms with E-state index in [0.29, 0.717) is 6.67 Å². The Bertz CT molecular complexity index is 4990. The normalized spacial score (nSPS) is 13.5. The van der Waals surface area contributed by atoms with Crippen molar-refractivity contribution in [1.29, 1.82) is 0 Å². The molecule has 0 saturated carbocycles. The van der Waals surface area contributed by atoms with Crippen molar-refractivity contribution in [2.24, 2.45) is 0 Å². The topological polar surface area (TPSA) is 38.5 Å². The van der Waals surface area contributed by atoms with Gasteiger partial charge in [0.2, 0.25) is 0 Å².